The molecule has 0 aromatic heterocycles. The second kappa shape index (κ2) is 6.44. The first-order valence-corrected chi connectivity index (χ1v) is 8.08. The summed E-state index contributed by atoms with van der Waals surface area (Å²) in [5.74, 6) is -0.334. The number of primary sulfonamides is 1. The summed E-state index contributed by atoms with van der Waals surface area (Å²) in [6.45, 7) is 6.04. The molecule has 0 saturated carbocycles. The summed E-state index contributed by atoms with van der Waals surface area (Å²) in [7, 11) is -3.77. The molecule has 0 heterocycles. The van der Waals surface area contributed by atoms with Gasteiger partial charge in [-0.05, 0) is 30.0 Å². The number of carbonyl (C=O) groups is 1. The molecule has 0 fully saturated rings. The number of ether oxygens (including phenoxy) is 1. The Bertz CT molecular complexity index is 617. The maximum Gasteiger partial charge on any atom is 0.303 e. The number of nitrogens with two attached hydrogens (primary N) is 1. The maximum absolute atomic E-state index is 11.4. The monoisotopic (exact) mass is 315 g/mol. The van der Waals surface area contributed by atoms with Gasteiger partial charge in [0, 0.05) is 12.0 Å². The third-order valence-corrected chi connectivity index (χ3v) is 3.79. The lowest BCUT2D eigenvalue weighted by molar-refractivity contribution is -0.137. The lowest BCUT2D eigenvalue weighted by Gasteiger charge is -2.23. The molecule has 0 aliphatic heterocycles. The molecule has 0 aliphatic rings. The molecule has 21 heavy (non-hydrogen) atoms. The highest BCUT2D eigenvalue weighted by molar-refractivity contribution is 7.89. The molecule has 6 nitrogen and oxygen atoms in total. The van der Waals surface area contributed by atoms with Crippen LogP contribution in [0.3, 0.4) is 0 Å². The molecule has 118 valence electrons. The van der Waals surface area contributed by atoms with E-state index in [1.54, 1.807) is 6.07 Å². The van der Waals surface area contributed by atoms with Gasteiger partial charge in [0.25, 0.3) is 0 Å². The van der Waals surface area contributed by atoms with Crippen LogP contribution in [0.4, 0.5) is 0 Å². The predicted molar refractivity (Wildman–Crippen MR) is 78.9 cm³/mol. The summed E-state index contributed by atoms with van der Waals surface area (Å²) in [5.41, 5.74) is 0.382. The highest BCUT2D eigenvalue weighted by atomic mass is 32.2. The molecule has 0 spiro atoms. The Morgan fingerprint density at radius 3 is 2.43 bits per heavy atom. The van der Waals surface area contributed by atoms with Crippen molar-refractivity contribution < 1.29 is 23.1 Å². The van der Waals surface area contributed by atoms with Crippen LogP contribution in [-0.2, 0) is 20.2 Å². The molecule has 0 atom stereocenters. The standard InChI is InChI=1S/C14H21NO5S/c1-14(2,3)11-9-10(21(15,18)19)6-7-12(11)20-8-4-5-13(16)17/h6-7,9H,4-5,8H2,1-3H3,(H,16,17)(H2,15,18,19). The van der Waals surface area contributed by atoms with Gasteiger partial charge in [-0.1, -0.05) is 20.8 Å². The van der Waals surface area contributed by atoms with Gasteiger partial charge in [0.2, 0.25) is 10.0 Å². The van der Waals surface area contributed by atoms with Crippen molar-refractivity contribution in [1.29, 1.82) is 0 Å². The van der Waals surface area contributed by atoms with Gasteiger partial charge in [-0.2, -0.15) is 0 Å². The molecular formula is C14H21NO5S. The number of hydrogen-bond donors (Lipinski definition) is 2. The minimum absolute atomic E-state index is 0.0279. The highest BCUT2D eigenvalue weighted by Crippen LogP contribution is 2.33. The molecule has 0 radical (unpaired) electrons. The third-order valence-electron chi connectivity index (χ3n) is 2.88. The summed E-state index contributed by atoms with van der Waals surface area (Å²) < 4.78 is 28.4. The van der Waals surface area contributed by atoms with Crippen LogP contribution in [0.2, 0.25) is 0 Å². The molecule has 0 saturated heterocycles. The molecule has 0 bridgehead atoms. The van der Waals surface area contributed by atoms with Crippen LogP contribution in [-0.4, -0.2) is 26.1 Å². The van der Waals surface area contributed by atoms with E-state index < -0.39 is 16.0 Å². The molecule has 1 aromatic rings. The van der Waals surface area contributed by atoms with E-state index in [9.17, 15) is 13.2 Å². The van der Waals surface area contributed by atoms with Gasteiger partial charge >= 0.3 is 5.97 Å². The first-order valence-electron chi connectivity index (χ1n) is 6.54. The van der Waals surface area contributed by atoms with Crippen molar-refractivity contribution in [2.45, 2.75) is 43.9 Å². The zero-order chi connectivity index (χ0) is 16.3. The third kappa shape index (κ3) is 5.35. The number of hydrogen-bond acceptors (Lipinski definition) is 4. The summed E-state index contributed by atoms with van der Waals surface area (Å²) in [5, 5.41) is 13.7. The van der Waals surface area contributed by atoms with Gasteiger partial charge in [0.1, 0.15) is 5.75 Å². The zero-order valence-corrected chi connectivity index (χ0v) is 13.2. The quantitative estimate of drug-likeness (QED) is 0.779. The van der Waals surface area contributed by atoms with Crippen molar-refractivity contribution in [1.82, 2.24) is 0 Å². The van der Waals surface area contributed by atoms with Crippen LogP contribution in [0.25, 0.3) is 0 Å². The van der Waals surface area contributed by atoms with E-state index in [-0.39, 0.29) is 23.3 Å². The van der Waals surface area contributed by atoms with Crippen molar-refractivity contribution in [3.8, 4) is 5.75 Å². The van der Waals surface area contributed by atoms with E-state index in [4.69, 9.17) is 15.0 Å². The molecule has 1 aromatic carbocycles. The fourth-order valence-corrected chi connectivity index (χ4v) is 2.34. The van der Waals surface area contributed by atoms with E-state index >= 15 is 0 Å². The summed E-state index contributed by atoms with van der Waals surface area (Å²) >= 11 is 0. The Hall–Kier alpha value is -1.60. The van der Waals surface area contributed by atoms with Crippen molar-refractivity contribution in [2.24, 2.45) is 5.14 Å². The van der Waals surface area contributed by atoms with Crippen LogP contribution < -0.4 is 9.88 Å². The van der Waals surface area contributed by atoms with E-state index in [0.717, 1.165) is 0 Å². The molecule has 0 unspecified atom stereocenters. The lowest BCUT2D eigenvalue weighted by atomic mass is 9.86. The van der Waals surface area contributed by atoms with Gasteiger partial charge in [-0.25, -0.2) is 13.6 Å². The van der Waals surface area contributed by atoms with E-state index in [1.165, 1.54) is 12.1 Å². The molecule has 7 heteroatoms. The number of carboxylic acids is 1. The molecular weight excluding hydrogens is 294 g/mol. The predicted octanol–water partition coefficient (Wildman–Crippen LogP) is 1.88. The summed E-state index contributed by atoms with van der Waals surface area (Å²) in [4.78, 5) is 10.5. The van der Waals surface area contributed by atoms with Gasteiger partial charge < -0.3 is 9.84 Å². The van der Waals surface area contributed by atoms with Crippen molar-refractivity contribution in [3.63, 3.8) is 0 Å². The fraction of sp³-hybridized carbons (Fsp3) is 0.500. The van der Waals surface area contributed by atoms with Crippen LogP contribution in [0.1, 0.15) is 39.2 Å². The topological polar surface area (TPSA) is 107 Å². The molecule has 0 amide bonds. The number of aliphatic carboxylic acids is 1. The van der Waals surface area contributed by atoms with Crippen LogP contribution in [0.15, 0.2) is 23.1 Å². The highest BCUT2D eigenvalue weighted by Gasteiger charge is 2.22. The average molecular weight is 315 g/mol. The first-order chi connectivity index (χ1) is 9.51. The number of rotatable bonds is 6. The minimum Gasteiger partial charge on any atom is -0.493 e. The Kier molecular flexibility index (Phi) is 5.36. The Morgan fingerprint density at radius 2 is 1.95 bits per heavy atom. The molecule has 3 N–H and O–H groups in total. The average Bonchev–Trinajstić information content (AvgIpc) is 2.32. The number of benzene rings is 1. The minimum atomic E-state index is -3.77. The maximum atomic E-state index is 11.4. The van der Waals surface area contributed by atoms with Crippen molar-refractivity contribution in [2.75, 3.05) is 6.61 Å². The van der Waals surface area contributed by atoms with Crippen molar-refractivity contribution >= 4 is 16.0 Å². The lowest BCUT2D eigenvalue weighted by Crippen LogP contribution is -2.17. The van der Waals surface area contributed by atoms with E-state index in [1.807, 2.05) is 20.8 Å². The normalized spacial score (nSPS) is 12.2. The van der Waals surface area contributed by atoms with Gasteiger partial charge in [0.15, 0.2) is 0 Å². The number of carboxylic acid groups (broad SMARTS) is 1. The Morgan fingerprint density at radius 1 is 1.33 bits per heavy atom. The van der Waals surface area contributed by atoms with E-state index in [2.05, 4.69) is 0 Å². The SMILES string of the molecule is CC(C)(C)c1cc(S(N)(=O)=O)ccc1OCCCC(=O)O. The number of sulfonamides is 1. The smallest absolute Gasteiger partial charge is 0.303 e. The fourth-order valence-electron chi connectivity index (χ4n) is 1.80. The Labute approximate surface area is 125 Å². The zero-order valence-electron chi connectivity index (χ0n) is 12.4. The van der Waals surface area contributed by atoms with Gasteiger partial charge in [0.05, 0.1) is 11.5 Å². The summed E-state index contributed by atoms with van der Waals surface area (Å²) in [6, 6.07) is 4.44. The van der Waals surface area contributed by atoms with Gasteiger partial charge in [-0.15, -0.1) is 0 Å². The molecule has 0 aliphatic carbocycles. The van der Waals surface area contributed by atoms with Crippen LogP contribution >= 0.6 is 0 Å². The van der Waals surface area contributed by atoms with Gasteiger partial charge in [-0.3, -0.25) is 4.79 Å². The largest absolute Gasteiger partial charge is 0.493 e. The first kappa shape index (κ1) is 17.5. The van der Waals surface area contributed by atoms with E-state index in [0.29, 0.717) is 17.7 Å². The van der Waals surface area contributed by atoms with Crippen LogP contribution in [0, 0.1) is 0 Å². The van der Waals surface area contributed by atoms with Crippen molar-refractivity contribution in [3.05, 3.63) is 23.8 Å². The van der Waals surface area contributed by atoms with Crippen LogP contribution in [0.5, 0.6) is 5.75 Å². The Balaban J connectivity index is 3.01. The second-order valence-corrected chi connectivity index (χ2v) is 7.36. The summed E-state index contributed by atoms with van der Waals surface area (Å²) in [6.07, 6.45) is 0.413. The second-order valence-electron chi connectivity index (χ2n) is 5.80. The molecule has 1 rings (SSSR count).